The van der Waals surface area contributed by atoms with E-state index in [0.29, 0.717) is 3.58 Å². The lowest BCUT2D eigenvalue weighted by atomic mass is 10.5. The van der Waals surface area contributed by atoms with Crippen molar-refractivity contribution >= 4 is 73.7 Å². The molecule has 1 N–H and O–H groups in total. The smallest absolute Gasteiger partial charge is 0.378 e. The molecular weight excluding hydrogens is 544 g/mol. The summed E-state index contributed by atoms with van der Waals surface area (Å²) in [5, 5.41) is 8.20. The summed E-state index contributed by atoms with van der Waals surface area (Å²) < 4.78 is 20.2. The molecule has 0 heterocycles. The van der Waals surface area contributed by atoms with E-state index in [1.54, 1.807) is 6.08 Å². The van der Waals surface area contributed by atoms with Gasteiger partial charge in [-0.25, -0.2) is 4.79 Å². The number of halogens is 4. The Labute approximate surface area is 127 Å². The van der Waals surface area contributed by atoms with Gasteiger partial charge < -0.3 is 9.84 Å². The van der Waals surface area contributed by atoms with E-state index in [1.807, 2.05) is 32.7 Å². The fourth-order valence-corrected chi connectivity index (χ4v) is 3.13. The maximum absolute atomic E-state index is 12.5. The molecule has 0 aromatic heterocycles. The van der Waals surface area contributed by atoms with Crippen molar-refractivity contribution in [2.75, 3.05) is 0 Å². The topological polar surface area (TPSA) is 46.5 Å². The Balaban J connectivity index is 4.33. The van der Waals surface area contributed by atoms with E-state index in [9.17, 15) is 9.18 Å². The lowest BCUT2D eigenvalue weighted by molar-refractivity contribution is -0.156. The van der Waals surface area contributed by atoms with E-state index in [-0.39, 0.29) is 0 Å². The van der Waals surface area contributed by atoms with Crippen LogP contribution in [0.2, 0.25) is 0 Å². The fraction of sp³-hybridized carbons (Fsp3) is 0.125. The first-order chi connectivity index (χ1) is 6.97. The molecule has 84 valence electrons. The highest BCUT2D eigenvalue weighted by Gasteiger charge is 2.14. The van der Waals surface area contributed by atoms with E-state index >= 15 is 0 Å². The number of carbonyl (C=O) groups is 1. The van der Waals surface area contributed by atoms with Gasteiger partial charge in [0.15, 0.2) is 0 Å². The summed E-state index contributed by atoms with van der Waals surface area (Å²) in [6, 6.07) is 0. The van der Waals surface area contributed by atoms with Crippen LogP contribution in [0.3, 0.4) is 0 Å². The van der Waals surface area contributed by atoms with Crippen molar-refractivity contribution in [3.8, 4) is 0 Å². The van der Waals surface area contributed by atoms with Crippen LogP contribution in [-0.4, -0.2) is 17.4 Å². The van der Waals surface area contributed by atoms with E-state index in [1.165, 1.54) is 0 Å². The monoisotopic (exact) mass is 550 g/mol. The number of hydrogen-bond donors (Lipinski definition) is 1. The van der Waals surface area contributed by atoms with Gasteiger partial charge in [0.1, 0.15) is 6.26 Å². The third-order valence-electron chi connectivity index (χ3n) is 0.992. The fourth-order valence-electron chi connectivity index (χ4n) is 0.457. The molecule has 0 rings (SSSR count). The quantitative estimate of drug-likeness (QED) is 0.321. The van der Waals surface area contributed by atoms with Crippen molar-refractivity contribution in [2.24, 2.45) is 0 Å². The van der Waals surface area contributed by atoms with Crippen molar-refractivity contribution in [3.63, 3.8) is 0 Å². The molecule has 0 aromatic carbocycles. The number of allylic oxidation sites excluding steroid dienone is 4. The van der Waals surface area contributed by atoms with Crippen LogP contribution in [0.1, 0.15) is 0 Å². The van der Waals surface area contributed by atoms with Gasteiger partial charge in [-0.3, -0.25) is 0 Å². The molecule has 0 bridgehead atoms. The molecule has 7 heteroatoms. The molecule has 0 amide bonds. The second kappa shape index (κ2) is 8.73. The Morgan fingerprint density at radius 1 is 1.40 bits per heavy atom. The molecule has 0 aromatic rings. The first-order valence-corrected chi connectivity index (χ1v) is 6.89. The van der Waals surface area contributed by atoms with E-state index in [2.05, 4.69) is 49.9 Å². The van der Waals surface area contributed by atoms with Gasteiger partial charge in [-0.2, -0.15) is 4.39 Å². The van der Waals surface area contributed by atoms with Crippen LogP contribution in [-0.2, 0) is 9.53 Å². The van der Waals surface area contributed by atoms with Crippen LogP contribution in [0.5, 0.6) is 0 Å². The number of carboxylic acids is 1. The van der Waals surface area contributed by atoms with Gasteiger partial charge in [-0.05, 0) is 61.4 Å². The van der Waals surface area contributed by atoms with E-state index < -0.39 is 12.3 Å². The van der Waals surface area contributed by atoms with E-state index in [4.69, 9.17) is 5.11 Å². The molecule has 0 saturated heterocycles. The van der Waals surface area contributed by atoms with Gasteiger partial charge in [0, 0.05) is 7.16 Å². The number of carboxylic acid groups (broad SMARTS) is 1. The standard InChI is InChI=1S/C8H6FI3O3/c9-7(8(13)14)15-4-6(12)3-5(11)1-2-10/h1-4,7H,(H,13,14)/b2-1+,5-3+,6-4-. The van der Waals surface area contributed by atoms with E-state index in [0.717, 1.165) is 9.84 Å². The Morgan fingerprint density at radius 2 is 2.00 bits per heavy atom. The second-order valence-corrected chi connectivity index (χ2v) is 5.33. The maximum Gasteiger partial charge on any atom is 0.378 e. The highest BCUT2D eigenvalue weighted by Crippen LogP contribution is 2.17. The third kappa shape index (κ3) is 8.42. The Kier molecular flexibility index (Phi) is 9.08. The van der Waals surface area contributed by atoms with Gasteiger partial charge >= 0.3 is 12.3 Å². The largest absolute Gasteiger partial charge is 0.476 e. The Bertz CT molecular complexity index is 312. The molecule has 0 fully saturated rings. The molecule has 0 spiro atoms. The summed E-state index contributed by atoms with van der Waals surface area (Å²) in [4.78, 5) is 10.1. The van der Waals surface area contributed by atoms with Crippen molar-refractivity contribution in [2.45, 2.75) is 6.36 Å². The van der Waals surface area contributed by atoms with Crippen LogP contribution in [0.15, 0.2) is 29.7 Å². The summed E-state index contributed by atoms with van der Waals surface area (Å²) in [6.07, 6.45) is 2.32. The Morgan fingerprint density at radius 3 is 2.47 bits per heavy atom. The lowest BCUT2D eigenvalue weighted by Gasteiger charge is -2.01. The average molecular weight is 550 g/mol. The molecule has 0 aliphatic heterocycles. The number of aliphatic carboxylic acids is 1. The molecule has 0 saturated carbocycles. The second-order valence-electron chi connectivity index (χ2n) is 2.11. The molecule has 0 aliphatic carbocycles. The van der Waals surface area contributed by atoms with Gasteiger partial charge in [-0.1, -0.05) is 22.6 Å². The van der Waals surface area contributed by atoms with Gasteiger partial charge in [0.25, 0.3) is 0 Å². The number of alkyl halides is 1. The SMILES string of the molecule is O=C(O)C(F)O/C=C(I)/C=C(I)\C=C\I. The molecule has 1 atom stereocenters. The zero-order chi connectivity index (χ0) is 11.8. The van der Waals surface area contributed by atoms with Crippen molar-refractivity contribution in [1.29, 1.82) is 0 Å². The summed E-state index contributed by atoms with van der Waals surface area (Å²) in [7, 11) is 0. The molecule has 3 nitrogen and oxygen atoms in total. The predicted octanol–water partition coefficient (Wildman–Crippen LogP) is 3.93. The number of hydrogen-bond acceptors (Lipinski definition) is 2. The average Bonchev–Trinajstić information content (AvgIpc) is 2.14. The van der Waals surface area contributed by atoms with Crippen LogP contribution in [0.25, 0.3) is 0 Å². The summed E-state index contributed by atoms with van der Waals surface area (Å²) in [5.41, 5.74) is 0. The van der Waals surface area contributed by atoms with Gasteiger partial charge in [0.05, 0.1) is 0 Å². The van der Waals surface area contributed by atoms with Crippen LogP contribution >= 0.6 is 67.8 Å². The molecule has 1 unspecified atom stereocenters. The molecule has 15 heavy (non-hydrogen) atoms. The minimum atomic E-state index is -2.32. The van der Waals surface area contributed by atoms with Crippen molar-refractivity contribution < 1.29 is 19.0 Å². The number of rotatable bonds is 5. The lowest BCUT2D eigenvalue weighted by Crippen LogP contribution is -2.15. The third-order valence-corrected chi connectivity index (χ3v) is 2.59. The normalized spacial score (nSPS) is 15.5. The summed E-state index contributed by atoms with van der Waals surface area (Å²) in [5.74, 6) is -1.64. The van der Waals surface area contributed by atoms with Crippen LogP contribution in [0, 0.1) is 0 Å². The summed E-state index contributed by atoms with van der Waals surface area (Å²) >= 11 is 6.07. The van der Waals surface area contributed by atoms with Crippen LogP contribution in [0.4, 0.5) is 4.39 Å². The van der Waals surface area contributed by atoms with Crippen molar-refractivity contribution in [3.05, 3.63) is 29.7 Å². The van der Waals surface area contributed by atoms with Crippen molar-refractivity contribution in [1.82, 2.24) is 0 Å². The highest BCUT2D eigenvalue weighted by molar-refractivity contribution is 14.1. The molecule has 0 radical (unpaired) electrons. The van der Waals surface area contributed by atoms with Gasteiger partial charge in [0.2, 0.25) is 0 Å². The first-order valence-electron chi connectivity index (χ1n) is 3.49. The zero-order valence-corrected chi connectivity index (χ0v) is 13.6. The maximum atomic E-state index is 12.5. The van der Waals surface area contributed by atoms with Crippen LogP contribution < -0.4 is 0 Å². The van der Waals surface area contributed by atoms with Gasteiger partial charge in [-0.15, -0.1) is 0 Å². The predicted molar refractivity (Wildman–Crippen MR) is 81.0 cm³/mol. The molecule has 0 aliphatic rings. The highest BCUT2D eigenvalue weighted by atomic mass is 127. The minimum Gasteiger partial charge on any atom is -0.476 e. The first kappa shape index (κ1) is 15.6. The number of ether oxygens (including phenoxy) is 1. The minimum absolute atomic E-state index is 0.607. The Hall–Kier alpha value is 0.610. The summed E-state index contributed by atoms with van der Waals surface area (Å²) in [6.45, 7) is 0. The molecular formula is C8H6FI3O3. The zero-order valence-electron chi connectivity index (χ0n) is 7.16.